The van der Waals surface area contributed by atoms with E-state index in [1.807, 2.05) is 12.3 Å². The molecular formula is C12H11F3N2OS. The predicted molar refractivity (Wildman–Crippen MR) is 67.3 cm³/mol. The van der Waals surface area contributed by atoms with Crippen LogP contribution in [0.5, 0.6) is 5.75 Å². The largest absolute Gasteiger partial charge is 0.573 e. The zero-order chi connectivity index (χ0) is 13.9. The van der Waals surface area contributed by atoms with E-state index in [2.05, 4.69) is 15.0 Å². The van der Waals surface area contributed by atoms with Gasteiger partial charge in [0.25, 0.3) is 0 Å². The summed E-state index contributed by atoms with van der Waals surface area (Å²) < 4.78 is 39.7. The number of nitrogens with zero attached hydrogens (tertiary/aromatic N) is 1. The predicted octanol–water partition coefficient (Wildman–Crippen LogP) is 3.96. The number of anilines is 1. The van der Waals surface area contributed by atoms with Gasteiger partial charge in [-0.3, -0.25) is 0 Å². The highest BCUT2D eigenvalue weighted by Crippen LogP contribution is 2.24. The van der Waals surface area contributed by atoms with Crippen molar-refractivity contribution in [2.24, 2.45) is 0 Å². The van der Waals surface area contributed by atoms with Gasteiger partial charge in [0, 0.05) is 11.1 Å². The average Bonchev–Trinajstić information content (AvgIpc) is 2.72. The maximum atomic E-state index is 12.0. The molecule has 2 rings (SSSR count). The summed E-state index contributed by atoms with van der Waals surface area (Å²) in [5, 5.41) is 5.98. The molecule has 0 saturated carbocycles. The Labute approximate surface area is 112 Å². The molecule has 1 aromatic carbocycles. The first kappa shape index (κ1) is 13.7. The highest BCUT2D eigenvalue weighted by atomic mass is 32.1. The lowest BCUT2D eigenvalue weighted by Crippen LogP contribution is -2.17. The van der Waals surface area contributed by atoms with Gasteiger partial charge in [-0.25, -0.2) is 4.98 Å². The number of ether oxygens (including phenoxy) is 1. The smallest absolute Gasteiger partial charge is 0.406 e. The fourth-order valence-electron chi connectivity index (χ4n) is 1.46. The topological polar surface area (TPSA) is 34.2 Å². The molecule has 0 aliphatic rings. The third kappa shape index (κ3) is 4.44. The van der Waals surface area contributed by atoms with Gasteiger partial charge in [0.15, 0.2) is 0 Å². The van der Waals surface area contributed by atoms with Crippen molar-refractivity contribution >= 4 is 17.0 Å². The van der Waals surface area contributed by atoms with Gasteiger partial charge in [-0.15, -0.1) is 24.5 Å². The molecule has 3 nitrogen and oxygen atoms in total. The average molecular weight is 288 g/mol. The van der Waals surface area contributed by atoms with E-state index in [0.717, 1.165) is 10.7 Å². The van der Waals surface area contributed by atoms with Gasteiger partial charge >= 0.3 is 6.36 Å². The van der Waals surface area contributed by atoms with Crippen molar-refractivity contribution in [2.45, 2.75) is 19.8 Å². The van der Waals surface area contributed by atoms with Crippen molar-refractivity contribution in [1.29, 1.82) is 0 Å². The van der Waals surface area contributed by atoms with Gasteiger partial charge in [0.1, 0.15) is 5.75 Å². The molecule has 0 unspecified atom stereocenters. The maximum Gasteiger partial charge on any atom is 0.573 e. The van der Waals surface area contributed by atoms with Crippen molar-refractivity contribution in [3.63, 3.8) is 0 Å². The highest BCUT2D eigenvalue weighted by molar-refractivity contribution is 7.09. The molecule has 1 N–H and O–H groups in total. The molecule has 19 heavy (non-hydrogen) atoms. The number of aryl methyl sites for hydroxylation is 1. The summed E-state index contributed by atoms with van der Waals surface area (Å²) >= 11 is 1.55. The quantitative estimate of drug-likeness (QED) is 0.924. The van der Waals surface area contributed by atoms with Gasteiger partial charge in [0.05, 0.1) is 17.2 Å². The standard InChI is InChI=1S/C12H11F3N2OS/c1-8-17-10(7-19-8)6-16-9-2-4-11(5-3-9)18-12(13,14)15/h2-5,7,16H,6H2,1H3. The molecule has 0 atom stereocenters. The minimum absolute atomic E-state index is 0.234. The molecule has 7 heteroatoms. The first-order valence-electron chi connectivity index (χ1n) is 5.43. The van der Waals surface area contributed by atoms with Crippen LogP contribution in [0.1, 0.15) is 10.7 Å². The van der Waals surface area contributed by atoms with E-state index < -0.39 is 6.36 Å². The zero-order valence-electron chi connectivity index (χ0n) is 9.99. The number of hydrogen-bond acceptors (Lipinski definition) is 4. The molecule has 0 spiro atoms. The van der Waals surface area contributed by atoms with Crippen molar-refractivity contribution in [1.82, 2.24) is 4.98 Å². The Morgan fingerprint density at radius 2 is 1.95 bits per heavy atom. The van der Waals surface area contributed by atoms with Crippen LogP contribution in [0.4, 0.5) is 18.9 Å². The van der Waals surface area contributed by atoms with E-state index in [9.17, 15) is 13.2 Å². The van der Waals surface area contributed by atoms with E-state index in [1.54, 1.807) is 11.3 Å². The second kappa shape index (κ2) is 5.48. The number of rotatable bonds is 4. The number of benzene rings is 1. The Morgan fingerprint density at radius 1 is 1.26 bits per heavy atom. The second-order valence-electron chi connectivity index (χ2n) is 3.78. The lowest BCUT2D eigenvalue weighted by molar-refractivity contribution is -0.274. The van der Waals surface area contributed by atoms with Crippen LogP contribution in [0.25, 0.3) is 0 Å². The van der Waals surface area contributed by atoms with Gasteiger partial charge in [-0.1, -0.05) is 0 Å². The molecule has 2 aromatic rings. The zero-order valence-corrected chi connectivity index (χ0v) is 10.8. The Hall–Kier alpha value is -1.76. The molecule has 0 fully saturated rings. The molecule has 0 radical (unpaired) electrons. The van der Waals surface area contributed by atoms with Gasteiger partial charge in [0.2, 0.25) is 0 Å². The summed E-state index contributed by atoms with van der Waals surface area (Å²) in [6, 6.07) is 5.59. The van der Waals surface area contributed by atoms with Crippen molar-refractivity contribution < 1.29 is 17.9 Å². The Morgan fingerprint density at radius 3 is 2.47 bits per heavy atom. The van der Waals surface area contributed by atoms with Crippen LogP contribution in [0.15, 0.2) is 29.6 Å². The molecule has 0 aliphatic heterocycles. The second-order valence-corrected chi connectivity index (χ2v) is 4.85. The molecule has 0 aliphatic carbocycles. The van der Waals surface area contributed by atoms with E-state index in [4.69, 9.17) is 0 Å². The molecular weight excluding hydrogens is 277 g/mol. The van der Waals surface area contributed by atoms with Crippen molar-refractivity contribution in [3.8, 4) is 5.75 Å². The number of nitrogens with one attached hydrogen (secondary N) is 1. The molecule has 1 heterocycles. The summed E-state index contributed by atoms with van der Waals surface area (Å²) in [5.74, 6) is -0.234. The van der Waals surface area contributed by atoms with Crippen LogP contribution >= 0.6 is 11.3 Å². The Kier molecular flexibility index (Phi) is 3.94. The highest BCUT2D eigenvalue weighted by Gasteiger charge is 2.30. The third-order valence-electron chi connectivity index (χ3n) is 2.23. The normalized spacial score (nSPS) is 11.4. The maximum absolute atomic E-state index is 12.0. The summed E-state index contributed by atoms with van der Waals surface area (Å²) in [4.78, 5) is 4.27. The molecule has 0 bridgehead atoms. The first-order chi connectivity index (χ1) is 8.92. The third-order valence-corrected chi connectivity index (χ3v) is 3.05. The number of halogens is 3. The monoisotopic (exact) mass is 288 g/mol. The van der Waals surface area contributed by atoms with Crippen molar-refractivity contribution in [2.75, 3.05) is 5.32 Å². The molecule has 0 saturated heterocycles. The molecule has 1 aromatic heterocycles. The van der Waals surface area contributed by atoms with E-state index in [1.165, 1.54) is 24.3 Å². The number of thiazole rings is 1. The SMILES string of the molecule is Cc1nc(CNc2ccc(OC(F)(F)F)cc2)cs1. The lowest BCUT2D eigenvalue weighted by Gasteiger charge is -2.09. The van der Waals surface area contributed by atoms with E-state index >= 15 is 0 Å². The summed E-state index contributed by atoms with van der Waals surface area (Å²) in [6.07, 6.45) is -4.66. The van der Waals surface area contributed by atoms with Gasteiger partial charge in [-0.05, 0) is 31.2 Å². The lowest BCUT2D eigenvalue weighted by atomic mass is 10.3. The fourth-order valence-corrected chi connectivity index (χ4v) is 2.07. The van der Waals surface area contributed by atoms with Crippen LogP contribution < -0.4 is 10.1 Å². The molecule has 102 valence electrons. The van der Waals surface area contributed by atoms with Crippen LogP contribution in [-0.4, -0.2) is 11.3 Å². The van der Waals surface area contributed by atoms with E-state index in [-0.39, 0.29) is 5.75 Å². The summed E-state index contributed by atoms with van der Waals surface area (Å²) in [6.45, 7) is 2.45. The Balaban J connectivity index is 1.91. The Bertz CT molecular complexity index is 537. The number of alkyl halides is 3. The number of hydrogen-bond donors (Lipinski definition) is 1. The van der Waals surface area contributed by atoms with Crippen LogP contribution in [-0.2, 0) is 6.54 Å². The summed E-state index contributed by atoms with van der Waals surface area (Å²) in [5.41, 5.74) is 1.61. The minimum atomic E-state index is -4.66. The first-order valence-corrected chi connectivity index (χ1v) is 6.31. The minimum Gasteiger partial charge on any atom is -0.406 e. The van der Waals surface area contributed by atoms with Crippen molar-refractivity contribution in [3.05, 3.63) is 40.3 Å². The number of aromatic nitrogens is 1. The van der Waals surface area contributed by atoms with Gasteiger partial charge < -0.3 is 10.1 Å². The van der Waals surface area contributed by atoms with E-state index in [0.29, 0.717) is 12.2 Å². The van der Waals surface area contributed by atoms with Crippen LogP contribution in [0, 0.1) is 6.92 Å². The van der Waals surface area contributed by atoms with Crippen LogP contribution in [0.2, 0.25) is 0 Å². The fraction of sp³-hybridized carbons (Fsp3) is 0.250. The van der Waals surface area contributed by atoms with Gasteiger partial charge in [-0.2, -0.15) is 0 Å². The summed E-state index contributed by atoms with van der Waals surface area (Å²) in [7, 11) is 0. The van der Waals surface area contributed by atoms with Crippen LogP contribution in [0.3, 0.4) is 0 Å². The molecule has 0 amide bonds.